The first-order valence-corrected chi connectivity index (χ1v) is 9.89. The smallest absolute Gasteiger partial charge is 0.0935 e. The van der Waals surface area contributed by atoms with Crippen molar-refractivity contribution in [3.63, 3.8) is 0 Å². The van der Waals surface area contributed by atoms with Crippen molar-refractivity contribution in [3.05, 3.63) is 33.4 Å². The fraction of sp³-hybridized carbons (Fsp3) is 0.647. The standard InChI is InChI=1S/C17H22I2O2/c1-11(2)17-9-15(16(3,21-17)8-14(17)19)20-10-12-6-4-5-7-13(12)18/h4-7,11,14-15H,8-10H2,1-3H3. The Morgan fingerprint density at radius 3 is 2.67 bits per heavy atom. The minimum absolute atomic E-state index is 0.00379. The summed E-state index contributed by atoms with van der Waals surface area (Å²) in [5.74, 6) is 0.534. The molecule has 3 rings (SSSR count). The normalized spacial score (nSPS) is 38.4. The van der Waals surface area contributed by atoms with Gasteiger partial charge in [-0.25, -0.2) is 0 Å². The maximum Gasteiger partial charge on any atom is 0.0935 e. The predicted octanol–water partition coefficient (Wildman–Crippen LogP) is 4.96. The molecule has 2 aliphatic heterocycles. The van der Waals surface area contributed by atoms with Crippen LogP contribution in [0.5, 0.6) is 0 Å². The molecule has 2 fully saturated rings. The average molecular weight is 512 g/mol. The molecule has 0 N–H and O–H groups in total. The molecular weight excluding hydrogens is 490 g/mol. The van der Waals surface area contributed by atoms with E-state index in [2.05, 4.69) is 90.2 Å². The average Bonchev–Trinajstić information content (AvgIpc) is 2.86. The highest BCUT2D eigenvalue weighted by atomic mass is 127. The van der Waals surface area contributed by atoms with E-state index in [4.69, 9.17) is 9.47 Å². The van der Waals surface area contributed by atoms with Gasteiger partial charge in [0.1, 0.15) is 0 Å². The molecule has 2 bridgehead atoms. The van der Waals surface area contributed by atoms with Crippen LogP contribution >= 0.6 is 45.2 Å². The van der Waals surface area contributed by atoms with Crippen molar-refractivity contribution in [3.8, 4) is 0 Å². The van der Waals surface area contributed by atoms with Gasteiger partial charge in [-0.3, -0.25) is 0 Å². The summed E-state index contributed by atoms with van der Waals surface area (Å²) in [7, 11) is 0. The van der Waals surface area contributed by atoms with Crippen LogP contribution in [0.1, 0.15) is 39.2 Å². The van der Waals surface area contributed by atoms with Gasteiger partial charge in [0.25, 0.3) is 0 Å². The predicted molar refractivity (Wildman–Crippen MR) is 102 cm³/mol. The summed E-state index contributed by atoms with van der Waals surface area (Å²) in [6.45, 7) is 7.47. The molecule has 116 valence electrons. The number of alkyl halides is 1. The van der Waals surface area contributed by atoms with E-state index in [1.54, 1.807) is 0 Å². The van der Waals surface area contributed by atoms with Gasteiger partial charge in [-0.15, -0.1) is 0 Å². The topological polar surface area (TPSA) is 18.5 Å². The van der Waals surface area contributed by atoms with Crippen LogP contribution in [-0.4, -0.2) is 21.2 Å². The third-order valence-corrected chi connectivity index (χ3v) is 7.65. The minimum atomic E-state index is -0.115. The molecule has 0 spiro atoms. The summed E-state index contributed by atoms with van der Waals surface area (Å²) in [6.07, 6.45) is 2.34. The zero-order valence-electron chi connectivity index (χ0n) is 12.7. The third kappa shape index (κ3) is 2.78. The summed E-state index contributed by atoms with van der Waals surface area (Å²) < 4.78 is 14.7. The molecule has 4 unspecified atom stereocenters. The number of rotatable bonds is 4. The Kier molecular flexibility index (Phi) is 4.63. The minimum Gasteiger partial charge on any atom is -0.370 e. The number of benzene rings is 1. The molecule has 0 aromatic heterocycles. The Hall–Kier alpha value is 0.600. The van der Waals surface area contributed by atoms with E-state index in [-0.39, 0.29) is 17.3 Å². The van der Waals surface area contributed by atoms with Crippen LogP contribution in [-0.2, 0) is 16.1 Å². The van der Waals surface area contributed by atoms with Gasteiger partial charge in [0, 0.05) is 13.9 Å². The van der Waals surface area contributed by atoms with Crippen molar-refractivity contribution in [2.75, 3.05) is 0 Å². The summed E-state index contributed by atoms with van der Waals surface area (Å²) >= 11 is 4.95. The van der Waals surface area contributed by atoms with Crippen LogP contribution in [0, 0.1) is 9.49 Å². The Balaban J connectivity index is 1.73. The number of hydrogen-bond donors (Lipinski definition) is 0. The van der Waals surface area contributed by atoms with E-state index in [9.17, 15) is 0 Å². The van der Waals surface area contributed by atoms with E-state index < -0.39 is 0 Å². The first-order chi connectivity index (χ1) is 9.87. The van der Waals surface area contributed by atoms with Crippen molar-refractivity contribution in [2.24, 2.45) is 5.92 Å². The molecule has 1 aromatic carbocycles. The van der Waals surface area contributed by atoms with Crippen molar-refractivity contribution < 1.29 is 9.47 Å². The lowest BCUT2D eigenvalue weighted by molar-refractivity contribution is -0.0954. The number of halogens is 2. The molecule has 21 heavy (non-hydrogen) atoms. The molecule has 1 aromatic rings. The van der Waals surface area contributed by atoms with Gasteiger partial charge in [0.05, 0.1) is 23.9 Å². The van der Waals surface area contributed by atoms with Crippen LogP contribution < -0.4 is 0 Å². The van der Waals surface area contributed by atoms with Crippen LogP contribution in [0.15, 0.2) is 24.3 Å². The first kappa shape index (κ1) is 16.5. The SMILES string of the molecule is CC(C)C12CC(OCc3ccccc3I)C(C)(CC1I)O2. The van der Waals surface area contributed by atoms with E-state index in [0.717, 1.165) is 12.8 Å². The molecule has 0 radical (unpaired) electrons. The first-order valence-electron chi connectivity index (χ1n) is 7.57. The number of hydrogen-bond acceptors (Lipinski definition) is 2. The molecule has 0 amide bonds. The van der Waals surface area contributed by atoms with Gasteiger partial charge in [-0.1, -0.05) is 54.6 Å². The van der Waals surface area contributed by atoms with Crippen molar-refractivity contribution >= 4 is 45.2 Å². The third-order valence-electron chi connectivity index (χ3n) is 5.10. The fourth-order valence-electron chi connectivity index (χ4n) is 3.70. The monoisotopic (exact) mass is 512 g/mol. The molecule has 2 aliphatic rings. The van der Waals surface area contributed by atoms with Gasteiger partial charge in [0.2, 0.25) is 0 Å². The summed E-state index contributed by atoms with van der Waals surface area (Å²) in [5.41, 5.74) is 1.16. The summed E-state index contributed by atoms with van der Waals surface area (Å²) in [4.78, 5) is 0. The van der Waals surface area contributed by atoms with E-state index in [1.807, 2.05) is 0 Å². The van der Waals surface area contributed by atoms with Gasteiger partial charge in [-0.2, -0.15) is 0 Å². The lowest BCUT2D eigenvalue weighted by Crippen LogP contribution is -2.44. The fourth-order valence-corrected chi connectivity index (χ4v) is 6.22. The second kappa shape index (κ2) is 5.91. The lowest BCUT2D eigenvalue weighted by atomic mass is 9.75. The second-order valence-corrected chi connectivity index (χ2v) is 9.46. The molecule has 2 heterocycles. The molecular formula is C17H22I2O2. The Morgan fingerprint density at radius 2 is 2.05 bits per heavy atom. The zero-order chi connectivity index (χ0) is 15.3. The van der Waals surface area contributed by atoms with Crippen molar-refractivity contribution in [2.45, 2.75) is 61.5 Å². The van der Waals surface area contributed by atoms with Crippen LogP contribution in [0.4, 0.5) is 0 Å². The molecule has 4 heteroatoms. The summed E-state index contributed by atoms with van der Waals surface area (Å²) in [6, 6.07) is 8.43. The Morgan fingerprint density at radius 1 is 1.33 bits per heavy atom. The maximum absolute atomic E-state index is 6.52. The second-order valence-electron chi connectivity index (χ2n) is 6.79. The lowest BCUT2D eigenvalue weighted by Gasteiger charge is -2.35. The molecule has 4 atom stereocenters. The number of fused-ring (bicyclic) bond motifs is 2. The van der Waals surface area contributed by atoms with Gasteiger partial charge < -0.3 is 9.47 Å². The van der Waals surface area contributed by atoms with Gasteiger partial charge in [0.15, 0.2) is 0 Å². The molecule has 0 aliphatic carbocycles. The van der Waals surface area contributed by atoms with E-state index in [1.165, 1.54) is 9.13 Å². The van der Waals surface area contributed by atoms with E-state index in [0.29, 0.717) is 16.4 Å². The largest absolute Gasteiger partial charge is 0.370 e. The van der Waals surface area contributed by atoms with Crippen molar-refractivity contribution in [1.29, 1.82) is 0 Å². The van der Waals surface area contributed by atoms with E-state index >= 15 is 0 Å². The molecule has 2 nitrogen and oxygen atoms in total. The molecule has 2 saturated heterocycles. The zero-order valence-corrected chi connectivity index (χ0v) is 17.1. The Bertz CT molecular complexity index is 533. The van der Waals surface area contributed by atoms with Crippen LogP contribution in [0.3, 0.4) is 0 Å². The maximum atomic E-state index is 6.52. The van der Waals surface area contributed by atoms with Gasteiger partial charge in [-0.05, 0) is 53.5 Å². The number of ether oxygens (including phenoxy) is 2. The highest BCUT2D eigenvalue weighted by Gasteiger charge is 2.65. The Labute approximate surface area is 154 Å². The summed E-state index contributed by atoms with van der Waals surface area (Å²) in [5, 5.41) is 0. The van der Waals surface area contributed by atoms with Crippen molar-refractivity contribution in [1.82, 2.24) is 0 Å². The highest BCUT2D eigenvalue weighted by Crippen LogP contribution is 2.57. The molecule has 0 saturated carbocycles. The highest BCUT2D eigenvalue weighted by molar-refractivity contribution is 14.1. The quantitative estimate of drug-likeness (QED) is 0.420. The van der Waals surface area contributed by atoms with Crippen LogP contribution in [0.25, 0.3) is 0 Å². The van der Waals surface area contributed by atoms with Crippen LogP contribution in [0.2, 0.25) is 0 Å². The van der Waals surface area contributed by atoms with Gasteiger partial charge >= 0.3 is 0 Å².